The van der Waals surface area contributed by atoms with Gasteiger partial charge < -0.3 is 4.74 Å². The van der Waals surface area contributed by atoms with E-state index < -0.39 is 0 Å². The van der Waals surface area contributed by atoms with Crippen molar-refractivity contribution in [2.24, 2.45) is 0 Å². The summed E-state index contributed by atoms with van der Waals surface area (Å²) in [5.74, 6) is 0.492. The van der Waals surface area contributed by atoms with Crippen LogP contribution in [0.4, 0.5) is 0 Å². The van der Waals surface area contributed by atoms with Crippen molar-refractivity contribution in [3.8, 4) is 0 Å². The summed E-state index contributed by atoms with van der Waals surface area (Å²) < 4.78 is 5.14. The molecule has 0 amide bonds. The molecule has 1 aromatic rings. The fourth-order valence-electron chi connectivity index (χ4n) is 1.50. The van der Waals surface area contributed by atoms with Gasteiger partial charge in [0.15, 0.2) is 0 Å². The van der Waals surface area contributed by atoms with Crippen molar-refractivity contribution in [2.75, 3.05) is 6.61 Å². The van der Waals surface area contributed by atoms with Gasteiger partial charge in [0.1, 0.15) is 0 Å². The van der Waals surface area contributed by atoms with Crippen LogP contribution in [0.15, 0.2) is 36.6 Å². The van der Waals surface area contributed by atoms with Crippen LogP contribution in [0.1, 0.15) is 17.9 Å². The van der Waals surface area contributed by atoms with Crippen LogP contribution in [-0.2, 0) is 4.74 Å². The summed E-state index contributed by atoms with van der Waals surface area (Å²) in [6.07, 6.45) is 4.92. The fourth-order valence-corrected chi connectivity index (χ4v) is 1.62. The van der Waals surface area contributed by atoms with Gasteiger partial charge in [0.2, 0.25) is 0 Å². The SMILES string of the molecule is Clc1ccc(C2C=COCC2)cc1. The maximum absolute atomic E-state index is 5.81. The van der Waals surface area contributed by atoms with Crippen LogP contribution in [-0.4, -0.2) is 6.61 Å². The van der Waals surface area contributed by atoms with E-state index in [0.29, 0.717) is 5.92 Å². The molecule has 1 atom stereocenters. The quantitative estimate of drug-likeness (QED) is 0.666. The molecule has 0 saturated heterocycles. The van der Waals surface area contributed by atoms with Crippen molar-refractivity contribution in [3.05, 3.63) is 47.2 Å². The van der Waals surface area contributed by atoms with E-state index in [1.54, 1.807) is 6.26 Å². The Kier molecular flexibility index (Phi) is 2.55. The highest BCUT2D eigenvalue weighted by Crippen LogP contribution is 2.25. The number of allylic oxidation sites excluding steroid dienone is 1. The summed E-state index contributed by atoms with van der Waals surface area (Å²) in [6.45, 7) is 0.809. The molecule has 1 aromatic carbocycles. The van der Waals surface area contributed by atoms with Gasteiger partial charge in [-0.15, -0.1) is 0 Å². The Bertz CT molecular complexity index is 302. The average molecular weight is 195 g/mol. The van der Waals surface area contributed by atoms with Gasteiger partial charge >= 0.3 is 0 Å². The Morgan fingerprint density at radius 3 is 2.62 bits per heavy atom. The second-order valence-corrected chi connectivity index (χ2v) is 3.58. The molecular weight excluding hydrogens is 184 g/mol. The molecule has 1 heterocycles. The topological polar surface area (TPSA) is 9.23 Å². The van der Waals surface area contributed by atoms with Gasteiger partial charge in [-0.25, -0.2) is 0 Å². The minimum absolute atomic E-state index is 0.492. The van der Waals surface area contributed by atoms with Crippen LogP contribution >= 0.6 is 11.6 Å². The molecule has 13 heavy (non-hydrogen) atoms. The predicted octanol–water partition coefficient (Wildman–Crippen LogP) is 3.36. The Morgan fingerprint density at radius 2 is 2.00 bits per heavy atom. The predicted molar refractivity (Wildman–Crippen MR) is 53.9 cm³/mol. The number of ether oxygens (including phenoxy) is 1. The first-order valence-electron chi connectivity index (χ1n) is 4.40. The fraction of sp³-hybridized carbons (Fsp3) is 0.273. The van der Waals surface area contributed by atoms with E-state index in [4.69, 9.17) is 16.3 Å². The highest BCUT2D eigenvalue weighted by Gasteiger charge is 2.10. The highest BCUT2D eigenvalue weighted by atomic mass is 35.5. The van der Waals surface area contributed by atoms with Gasteiger partial charge in [-0.2, -0.15) is 0 Å². The minimum Gasteiger partial charge on any atom is -0.501 e. The van der Waals surface area contributed by atoms with Gasteiger partial charge in [0.05, 0.1) is 12.9 Å². The van der Waals surface area contributed by atoms with Gasteiger partial charge in [0, 0.05) is 10.9 Å². The molecule has 0 radical (unpaired) electrons. The summed E-state index contributed by atoms with van der Waals surface area (Å²) in [7, 11) is 0. The van der Waals surface area contributed by atoms with Gasteiger partial charge in [-0.3, -0.25) is 0 Å². The van der Waals surface area contributed by atoms with Crippen molar-refractivity contribution in [3.63, 3.8) is 0 Å². The Hall–Kier alpha value is -0.950. The van der Waals surface area contributed by atoms with Crippen LogP contribution in [0.25, 0.3) is 0 Å². The summed E-state index contributed by atoms with van der Waals surface area (Å²) in [5, 5.41) is 0.791. The zero-order valence-corrected chi connectivity index (χ0v) is 8.00. The highest BCUT2D eigenvalue weighted by molar-refractivity contribution is 6.30. The van der Waals surface area contributed by atoms with Gasteiger partial charge in [0.25, 0.3) is 0 Å². The molecule has 0 aliphatic carbocycles. The molecule has 0 bridgehead atoms. The number of halogens is 1. The van der Waals surface area contributed by atoms with Crippen molar-refractivity contribution in [2.45, 2.75) is 12.3 Å². The molecule has 0 saturated carbocycles. The normalized spacial score (nSPS) is 21.2. The lowest BCUT2D eigenvalue weighted by Gasteiger charge is -2.16. The van der Waals surface area contributed by atoms with Crippen LogP contribution in [0.5, 0.6) is 0 Å². The van der Waals surface area contributed by atoms with E-state index in [9.17, 15) is 0 Å². The Balaban J connectivity index is 2.19. The third kappa shape index (κ3) is 2.04. The molecular formula is C11H11ClO. The molecule has 1 unspecified atom stereocenters. The lowest BCUT2D eigenvalue weighted by atomic mass is 9.95. The average Bonchev–Trinajstić information content (AvgIpc) is 2.20. The second kappa shape index (κ2) is 3.84. The molecule has 0 spiro atoms. The third-order valence-electron chi connectivity index (χ3n) is 2.25. The maximum atomic E-state index is 5.81. The van der Waals surface area contributed by atoms with E-state index in [2.05, 4.69) is 18.2 Å². The largest absolute Gasteiger partial charge is 0.501 e. The molecule has 0 aromatic heterocycles. The number of rotatable bonds is 1. The first kappa shape index (κ1) is 8.64. The summed E-state index contributed by atoms with van der Waals surface area (Å²) >= 11 is 5.81. The molecule has 2 heteroatoms. The maximum Gasteiger partial charge on any atom is 0.0882 e. The molecule has 1 aliphatic rings. The van der Waals surface area contributed by atoms with Crippen molar-refractivity contribution in [1.29, 1.82) is 0 Å². The molecule has 0 fully saturated rings. The van der Waals surface area contributed by atoms with E-state index in [1.165, 1.54) is 5.56 Å². The lowest BCUT2D eigenvalue weighted by molar-refractivity contribution is 0.223. The van der Waals surface area contributed by atoms with Crippen LogP contribution in [0.2, 0.25) is 5.02 Å². The first-order valence-corrected chi connectivity index (χ1v) is 4.78. The summed E-state index contributed by atoms with van der Waals surface area (Å²) in [4.78, 5) is 0. The van der Waals surface area contributed by atoms with E-state index in [1.807, 2.05) is 12.1 Å². The van der Waals surface area contributed by atoms with E-state index in [0.717, 1.165) is 18.1 Å². The molecule has 0 N–H and O–H groups in total. The minimum atomic E-state index is 0.492. The smallest absolute Gasteiger partial charge is 0.0882 e. The van der Waals surface area contributed by atoms with Crippen LogP contribution < -0.4 is 0 Å². The standard InChI is InChI=1S/C11H11ClO/c12-11-3-1-9(2-4-11)10-5-7-13-8-6-10/h1-5,7,10H,6,8H2. The Morgan fingerprint density at radius 1 is 1.23 bits per heavy atom. The monoisotopic (exact) mass is 194 g/mol. The molecule has 2 rings (SSSR count). The number of hydrogen-bond acceptors (Lipinski definition) is 1. The molecule has 1 nitrogen and oxygen atoms in total. The zero-order chi connectivity index (χ0) is 9.10. The number of benzene rings is 1. The van der Waals surface area contributed by atoms with Crippen LogP contribution in [0.3, 0.4) is 0 Å². The van der Waals surface area contributed by atoms with Crippen molar-refractivity contribution < 1.29 is 4.74 Å². The van der Waals surface area contributed by atoms with Crippen molar-refractivity contribution >= 4 is 11.6 Å². The first-order chi connectivity index (χ1) is 6.36. The van der Waals surface area contributed by atoms with E-state index >= 15 is 0 Å². The van der Waals surface area contributed by atoms with E-state index in [-0.39, 0.29) is 0 Å². The van der Waals surface area contributed by atoms with Gasteiger partial charge in [-0.05, 0) is 30.2 Å². The van der Waals surface area contributed by atoms with Gasteiger partial charge in [-0.1, -0.05) is 23.7 Å². The molecule has 1 aliphatic heterocycles. The second-order valence-electron chi connectivity index (χ2n) is 3.15. The Labute approximate surface area is 83.0 Å². The third-order valence-corrected chi connectivity index (χ3v) is 2.50. The number of hydrogen-bond donors (Lipinski definition) is 0. The molecule has 68 valence electrons. The summed E-state index contributed by atoms with van der Waals surface area (Å²) in [5.41, 5.74) is 1.31. The zero-order valence-electron chi connectivity index (χ0n) is 7.24. The lowest BCUT2D eigenvalue weighted by Crippen LogP contribution is -2.04. The summed E-state index contributed by atoms with van der Waals surface area (Å²) in [6, 6.07) is 8.01. The van der Waals surface area contributed by atoms with Crippen molar-refractivity contribution in [1.82, 2.24) is 0 Å². The van der Waals surface area contributed by atoms with Crippen LogP contribution in [0, 0.1) is 0 Å².